The molecule has 3 rings (SSSR count). The molecule has 0 aliphatic heterocycles. The molecule has 0 saturated heterocycles. The Balaban J connectivity index is 1.88. The molecule has 7 nitrogen and oxygen atoms in total. The largest absolute Gasteiger partial charge is 0.490 e. The Morgan fingerprint density at radius 3 is 2.47 bits per heavy atom. The Morgan fingerprint density at radius 2 is 1.80 bits per heavy atom. The molecular formula is C22H19ClN2O5. The Morgan fingerprint density at radius 1 is 1.07 bits per heavy atom. The van der Waals surface area contributed by atoms with Crippen molar-refractivity contribution in [2.24, 2.45) is 0 Å². The predicted molar refractivity (Wildman–Crippen MR) is 115 cm³/mol. The highest BCUT2D eigenvalue weighted by Gasteiger charge is 2.22. The summed E-state index contributed by atoms with van der Waals surface area (Å²) < 4.78 is 11.0. The highest BCUT2D eigenvalue weighted by molar-refractivity contribution is 6.30. The van der Waals surface area contributed by atoms with Crippen LogP contribution in [0.4, 0.5) is 11.4 Å². The minimum Gasteiger partial charge on any atom is -0.490 e. The van der Waals surface area contributed by atoms with Gasteiger partial charge >= 0.3 is 5.69 Å². The van der Waals surface area contributed by atoms with E-state index in [-0.39, 0.29) is 22.9 Å². The number of benzene rings is 3. The predicted octanol–water partition coefficient (Wildman–Crippen LogP) is 5.11. The first kappa shape index (κ1) is 21.1. The number of nitro benzene ring substituents is 1. The number of halogens is 1. The van der Waals surface area contributed by atoms with Crippen LogP contribution >= 0.6 is 11.6 Å². The molecule has 0 atom stereocenters. The molecule has 3 aromatic rings. The van der Waals surface area contributed by atoms with Crippen LogP contribution < -0.4 is 14.4 Å². The van der Waals surface area contributed by atoms with Crippen LogP contribution in [0.15, 0.2) is 66.7 Å². The lowest BCUT2D eigenvalue weighted by Crippen LogP contribution is -2.26. The van der Waals surface area contributed by atoms with E-state index < -0.39 is 4.92 Å². The number of carbonyl (C=O) groups excluding carboxylic acids is 1. The second-order valence-electron chi connectivity index (χ2n) is 6.39. The van der Waals surface area contributed by atoms with Crippen molar-refractivity contribution < 1.29 is 19.2 Å². The number of anilines is 1. The molecule has 0 unspecified atom stereocenters. The molecule has 0 N–H and O–H groups in total. The molecule has 8 heteroatoms. The zero-order chi connectivity index (χ0) is 21.7. The van der Waals surface area contributed by atoms with Gasteiger partial charge in [-0.15, -0.1) is 0 Å². The molecular weight excluding hydrogens is 408 g/mol. The summed E-state index contributed by atoms with van der Waals surface area (Å²) in [5.74, 6) is 0.0714. The van der Waals surface area contributed by atoms with Crippen molar-refractivity contribution in [1.29, 1.82) is 0 Å². The summed E-state index contributed by atoms with van der Waals surface area (Å²) in [7, 11) is 2.91. The van der Waals surface area contributed by atoms with Crippen LogP contribution in [0.5, 0.6) is 11.5 Å². The molecule has 0 heterocycles. The summed E-state index contributed by atoms with van der Waals surface area (Å²) in [6.45, 7) is 0.307. The minimum absolute atomic E-state index is 0.0101. The molecule has 0 spiro atoms. The van der Waals surface area contributed by atoms with Gasteiger partial charge in [0.1, 0.15) is 12.4 Å². The van der Waals surface area contributed by atoms with E-state index in [0.29, 0.717) is 23.1 Å². The minimum atomic E-state index is -0.564. The fraction of sp³-hybridized carbons (Fsp3) is 0.136. The van der Waals surface area contributed by atoms with E-state index in [4.69, 9.17) is 21.1 Å². The molecule has 0 aliphatic rings. The summed E-state index contributed by atoms with van der Waals surface area (Å²) in [5, 5.41) is 11.6. The molecule has 0 radical (unpaired) electrons. The van der Waals surface area contributed by atoms with Crippen molar-refractivity contribution in [3.05, 3.63) is 93.0 Å². The third-order valence-electron chi connectivity index (χ3n) is 4.45. The second-order valence-corrected chi connectivity index (χ2v) is 6.83. The van der Waals surface area contributed by atoms with Crippen molar-refractivity contribution >= 4 is 28.9 Å². The van der Waals surface area contributed by atoms with Gasteiger partial charge in [0.05, 0.1) is 17.7 Å². The van der Waals surface area contributed by atoms with Gasteiger partial charge in [-0.25, -0.2) is 0 Å². The molecule has 0 aromatic heterocycles. The van der Waals surface area contributed by atoms with Gasteiger partial charge in [0.25, 0.3) is 5.91 Å². The fourth-order valence-electron chi connectivity index (χ4n) is 2.88. The second kappa shape index (κ2) is 9.28. The summed E-state index contributed by atoms with van der Waals surface area (Å²) >= 11 is 6.12. The van der Waals surface area contributed by atoms with Crippen LogP contribution in [0.2, 0.25) is 5.02 Å². The Kier molecular flexibility index (Phi) is 6.54. The molecule has 154 valence electrons. The Labute approximate surface area is 178 Å². The monoisotopic (exact) mass is 426 g/mol. The van der Waals surface area contributed by atoms with Gasteiger partial charge in [-0.05, 0) is 23.8 Å². The first-order valence-electron chi connectivity index (χ1n) is 8.97. The summed E-state index contributed by atoms with van der Waals surface area (Å²) in [6, 6.07) is 18.6. The number of amides is 1. The van der Waals surface area contributed by atoms with Crippen LogP contribution in [-0.4, -0.2) is 25.0 Å². The molecule has 0 bridgehead atoms. The summed E-state index contributed by atoms with van der Waals surface area (Å²) in [6.07, 6.45) is 0. The molecule has 3 aromatic carbocycles. The molecule has 0 fully saturated rings. The Hall–Kier alpha value is -3.58. The van der Waals surface area contributed by atoms with Crippen molar-refractivity contribution in [2.45, 2.75) is 6.61 Å². The van der Waals surface area contributed by atoms with Gasteiger partial charge in [-0.3, -0.25) is 14.9 Å². The molecule has 1 amide bonds. The number of hydrogen-bond acceptors (Lipinski definition) is 5. The van der Waals surface area contributed by atoms with E-state index in [1.807, 2.05) is 30.3 Å². The fourth-order valence-corrected chi connectivity index (χ4v) is 3.04. The molecule has 30 heavy (non-hydrogen) atoms. The van der Waals surface area contributed by atoms with Gasteiger partial charge in [0, 0.05) is 35.8 Å². The van der Waals surface area contributed by atoms with Gasteiger partial charge < -0.3 is 14.4 Å². The van der Waals surface area contributed by atoms with Crippen molar-refractivity contribution in [3.63, 3.8) is 0 Å². The van der Waals surface area contributed by atoms with Crippen LogP contribution in [0.1, 0.15) is 15.9 Å². The lowest BCUT2D eigenvalue weighted by atomic mass is 10.1. The molecule has 0 aliphatic carbocycles. The number of nitrogens with zero attached hydrogens (tertiary/aromatic N) is 2. The van der Waals surface area contributed by atoms with E-state index in [1.54, 1.807) is 25.2 Å². The Bertz CT molecular complexity index is 1070. The average molecular weight is 427 g/mol. The van der Waals surface area contributed by atoms with Crippen molar-refractivity contribution in [2.75, 3.05) is 19.1 Å². The average Bonchev–Trinajstić information content (AvgIpc) is 2.77. The van der Waals surface area contributed by atoms with Gasteiger partial charge in [0.15, 0.2) is 5.75 Å². The molecule has 0 saturated carbocycles. The zero-order valence-electron chi connectivity index (χ0n) is 16.4. The van der Waals surface area contributed by atoms with E-state index >= 15 is 0 Å². The first-order chi connectivity index (χ1) is 14.4. The zero-order valence-corrected chi connectivity index (χ0v) is 17.1. The van der Waals surface area contributed by atoms with Gasteiger partial charge in [-0.1, -0.05) is 41.9 Å². The highest BCUT2D eigenvalue weighted by Crippen LogP contribution is 2.33. The van der Waals surface area contributed by atoms with Crippen LogP contribution in [-0.2, 0) is 6.61 Å². The number of hydrogen-bond donors (Lipinski definition) is 0. The SMILES string of the molecule is COc1cc(C(=O)N(C)c2ccc(Cl)cc2OCc2ccccc2)ccc1[N+](=O)[O-]. The number of ether oxygens (including phenoxy) is 2. The smallest absolute Gasteiger partial charge is 0.310 e. The topological polar surface area (TPSA) is 81.9 Å². The van der Waals surface area contributed by atoms with Crippen molar-refractivity contribution in [3.8, 4) is 11.5 Å². The van der Waals surface area contributed by atoms with E-state index in [2.05, 4.69) is 0 Å². The number of carbonyl (C=O) groups is 1. The highest BCUT2D eigenvalue weighted by atomic mass is 35.5. The number of rotatable bonds is 7. The maximum atomic E-state index is 13.0. The van der Waals surface area contributed by atoms with Gasteiger partial charge in [0.2, 0.25) is 0 Å². The lowest BCUT2D eigenvalue weighted by Gasteiger charge is -2.21. The first-order valence-corrected chi connectivity index (χ1v) is 9.35. The third-order valence-corrected chi connectivity index (χ3v) is 4.68. The number of methoxy groups -OCH3 is 1. The van der Waals surface area contributed by atoms with E-state index in [1.165, 1.54) is 30.2 Å². The van der Waals surface area contributed by atoms with E-state index in [0.717, 1.165) is 5.56 Å². The van der Waals surface area contributed by atoms with Crippen LogP contribution in [0.3, 0.4) is 0 Å². The standard InChI is InChI=1S/C22H19ClN2O5/c1-24(22(26)16-8-10-19(25(27)28)20(12-16)29-2)18-11-9-17(23)13-21(18)30-14-15-6-4-3-5-7-15/h3-13H,14H2,1-2H3. The van der Waals surface area contributed by atoms with Crippen LogP contribution in [0.25, 0.3) is 0 Å². The normalized spacial score (nSPS) is 10.4. The van der Waals surface area contributed by atoms with Crippen LogP contribution in [0, 0.1) is 10.1 Å². The maximum absolute atomic E-state index is 13.0. The summed E-state index contributed by atoms with van der Waals surface area (Å²) in [5.41, 5.74) is 1.51. The summed E-state index contributed by atoms with van der Waals surface area (Å²) in [4.78, 5) is 24.9. The van der Waals surface area contributed by atoms with Crippen molar-refractivity contribution in [1.82, 2.24) is 0 Å². The van der Waals surface area contributed by atoms with E-state index in [9.17, 15) is 14.9 Å². The maximum Gasteiger partial charge on any atom is 0.310 e. The van der Waals surface area contributed by atoms with Gasteiger partial charge in [-0.2, -0.15) is 0 Å². The quantitative estimate of drug-likeness (QED) is 0.387. The third kappa shape index (κ3) is 4.69. The lowest BCUT2D eigenvalue weighted by molar-refractivity contribution is -0.385. The number of nitro groups is 1.